The Balaban J connectivity index is 1.89. The summed E-state index contributed by atoms with van der Waals surface area (Å²) in [6.45, 7) is 5.08. The molecule has 0 bridgehead atoms. The van der Waals surface area contributed by atoms with E-state index in [1.54, 1.807) is 0 Å². The van der Waals surface area contributed by atoms with Gasteiger partial charge in [0.1, 0.15) is 12.0 Å². The molecular formula is C17H24N6O. The highest BCUT2D eigenvalue weighted by Gasteiger charge is 2.09. The van der Waals surface area contributed by atoms with Crippen molar-refractivity contribution in [2.24, 2.45) is 5.92 Å². The number of nitrogens with zero attached hydrogens (tertiary/aromatic N) is 2. The molecule has 24 heavy (non-hydrogen) atoms. The summed E-state index contributed by atoms with van der Waals surface area (Å²) < 4.78 is 0. The van der Waals surface area contributed by atoms with Gasteiger partial charge in [-0.15, -0.1) is 0 Å². The zero-order valence-electron chi connectivity index (χ0n) is 14.0. The number of nitrogens with two attached hydrogens (primary N) is 1. The van der Waals surface area contributed by atoms with Gasteiger partial charge in [-0.2, -0.15) is 0 Å². The fraction of sp³-hybridized carbons (Fsp3) is 0.353. The van der Waals surface area contributed by atoms with Crippen molar-refractivity contribution in [2.45, 2.75) is 26.7 Å². The van der Waals surface area contributed by atoms with Gasteiger partial charge in [0, 0.05) is 6.54 Å². The molecule has 7 nitrogen and oxygen atoms in total. The van der Waals surface area contributed by atoms with E-state index in [-0.39, 0.29) is 12.3 Å². The number of rotatable bonds is 8. The van der Waals surface area contributed by atoms with Crippen LogP contribution in [0.1, 0.15) is 25.8 Å². The zero-order chi connectivity index (χ0) is 17.4. The van der Waals surface area contributed by atoms with Crippen molar-refractivity contribution >= 4 is 23.2 Å². The van der Waals surface area contributed by atoms with Gasteiger partial charge in [-0.3, -0.25) is 15.6 Å². The van der Waals surface area contributed by atoms with Crippen LogP contribution in [0.15, 0.2) is 36.7 Å². The third kappa shape index (κ3) is 5.42. The molecule has 1 aromatic carbocycles. The van der Waals surface area contributed by atoms with Crippen LogP contribution < -0.4 is 21.9 Å². The van der Waals surface area contributed by atoms with Gasteiger partial charge in [0.15, 0.2) is 11.6 Å². The molecule has 0 unspecified atom stereocenters. The van der Waals surface area contributed by atoms with E-state index in [0.29, 0.717) is 23.2 Å². The molecule has 2 aromatic rings. The minimum Gasteiger partial charge on any atom is -0.393 e. The fourth-order valence-corrected chi connectivity index (χ4v) is 2.07. The lowest BCUT2D eigenvalue weighted by Gasteiger charge is -2.13. The van der Waals surface area contributed by atoms with Crippen molar-refractivity contribution < 1.29 is 4.79 Å². The van der Waals surface area contributed by atoms with Crippen LogP contribution in [-0.2, 0) is 11.2 Å². The quantitative estimate of drug-likeness (QED) is 0.554. The van der Waals surface area contributed by atoms with E-state index < -0.39 is 0 Å². The SMILES string of the molecule is CC(C)CCNc1ncnc(NNC(=O)Cc2ccccc2)c1N. The number of hydrogen-bond acceptors (Lipinski definition) is 6. The molecule has 1 heterocycles. The maximum absolute atomic E-state index is 12.0. The summed E-state index contributed by atoms with van der Waals surface area (Å²) >= 11 is 0. The van der Waals surface area contributed by atoms with E-state index in [1.807, 2.05) is 30.3 Å². The molecule has 1 aromatic heterocycles. The van der Waals surface area contributed by atoms with Crippen LogP contribution >= 0.6 is 0 Å². The molecule has 0 aliphatic carbocycles. The van der Waals surface area contributed by atoms with E-state index in [4.69, 9.17) is 5.73 Å². The first kappa shape index (κ1) is 17.5. The maximum atomic E-state index is 12.0. The molecule has 0 saturated heterocycles. The summed E-state index contributed by atoms with van der Waals surface area (Å²) in [5, 5.41) is 3.18. The molecule has 0 saturated carbocycles. The van der Waals surface area contributed by atoms with Crippen LogP contribution in [0.2, 0.25) is 0 Å². The number of carbonyl (C=O) groups excluding carboxylic acids is 1. The molecule has 0 spiro atoms. The Morgan fingerprint density at radius 1 is 1.17 bits per heavy atom. The van der Waals surface area contributed by atoms with Gasteiger partial charge in [0.2, 0.25) is 5.91 Å². The van der Waals surface area contributed by atoms with Gasteiger partial charge >= 0.3 is 0 Å². The fourth-order valence-electron chi connectivity index (χ4n) is 2.07. The second-order valence-corrected chi connectivity index (χ2v) is 5.93. The van der Waals surface area contributed by atoms with Crippen molar-refractivity contribution in [3.8, 4) is 0 Å². The van der Waals surface area contributed by atoms with Gasteiger partial charge in [-0.1, -0.05) is 44.2 Å². The number of anilines is 3. The largest absolute Gasteiger partial charge is 0.393 e. The molecule has 128 valence electrons. The van der Waals surface area contributed by atoms with Gasteiger partial charge in [0.25, 0.3) is 0 Å². The van der Waals surface area contributed by atoms with Crippen LogP contribution in [0.4, 0.5) is 17.3 Å². The lowest BCUT2D eigenvalue weighted by molar-refractivity contribution is -0.119. The first-order valence-electron chi connectivity index (χ1n) is 7.99. The number of carbonyl (C=O) groups is 1. The Morgan fingerprint density at radius 2 is 1.88 bits per heavy atom. The molecule has 0 fully saturated rings. The number of amides is 1. The molecule has 1 amide bonds. The third-order valence-corrected chi connectivity index (χ3v) is 3.43. The Kier molecular flexibility index (Phi) is 6.36. The summed E-state index contributed by atoms with van der Waals surface area (Å²) in [5.41, 5.74) is 12.7. The molecule has 2 rings (SSSR count). The van der Waals surface area contributed by atoms with Gasteiger partial charge < -0.3 is 11.1 Å². The summed E-state index contributed by atoms with van der Waals surface area (Å²) in [6, 6.07) is 9.50. The highest BCUT2D eigenvalue weighted by Crippen LogP contribution is 2.21. The van der Waals surface area contributed by atoms with Crippen molar-refractivity contribution in [3.63, 3.8) is 0 Å². The van der Waals surface area contributed by atoms with Crippen LogP contribution in [0, 0.1) is 5.92 Å². The predicted octanol–water partition coefficient (Wildman–Crippen LogP) is 2.20. The zero-order valence-corrected chi connectivity index (χ0v) is 14.0. The van der Waals surface area contributed by atoms with Gasteiger partial charge in [-0.05, 0) is 17.9 Å². The number of hydrazine groups is 1. The van der Waals surface area contributed by atoms with E-state index in [0.717, 1.165) is 18.5 Å². The lowest BCUT2D eigenvalue weighted by Crippen LogP contribution is -2.31. The normalized spacial score (nSPS) is 10.5. The Bertz CT molecular complexity index is 659. The first-order chi connectivity index (χ1) is 11.6. The lowest BCUT2D eigenvalue weighted by atomic mass is 10.1. The summed E-state index contributed by atoms with van der Waals surface area (Å²) in [6.07, 6.45) is 2.69. The molecule has 7 heteroatoms. The molecular weight excluding hydrogens is 304 g/mol. The highest BCUT2D eigenvalue weighted by molar-refractivity contribution is 5.81. The minimum absolute atomic E-state index is 0.173. The van der Waals surface area contributed by atoms with E-state index in [2.05, 4.69) is 40.0 Å². The molecule has 0 aliphatic rings. The van der Waals surface area contributed by atoms with Crippen LogP contribution in [0.25, 0.3) is 0 Å². The van der Waals surface area contributed by atoms with Crippen LogP contribution in [-0.4, -0.2) is 22.4 Å². The third-order valence-electron chi connectivity index (χ3n) is 3.43. The van der Waals surface area contributed by atoms with Gasteiger partial charge in [-0.25, -0.2) is 9.97 Å². The van der Waals surface area contributed by atoms with E-state index in [9.17, 15) is 4.79 Å². The monoisotopic (exact) mass is 328 g/mol. The second kappa shape index (κ2) is 8.71. The second-order valence-electron chi connectivity index (χ2n) is 5.93. The number of hydrogen-bond donors (Lipinski definition) is 4. The molecule has 0 radical (unpaired) electrons. The average molecular weight is 328 g/mol. The topological polar surface area (TPSA) is 105 Å². The number of nitrogens with one attached hydrogen (secondary N) is 3. The van der Waals surface area contributed by atoms with Crippen LogP contribution in [0.5, 0.6) is 0 Å². The molecule has 0 aliphatic heterocycles. The average Bonchev–Trinajstić information content (AvgIpc) is 2.56. The Morgan fingerprint density at radius 3 is 2.58 bits per heavy atom. The van der Waals surface area contributed by atoms with Crippen molar-refractivity contribution in [3.05, 3.63) is 42.2 Å². The smallest absolute Gasteiger partial charge is 0.242 e. The van der Waals surface area contributed by atoms with Crippen molar-refractivity contribution in [1.82, 2.24) is 15.4 Å². The highest BCUT2D eigenvalue weighted by atomic mass is 16.2. The number of benzene rings is 1. The summed E-state index contributed by atoms with van der Waals surface area (Å²) in [7, 11) is 0. The molecule has 5 N–H and O–H groups in total. The summed E-state index contributed by atoms with van der Waals surface area (Å²) in [4.78, 5) is 20.1. The predicted molar refractivity (Wildman–Crippen MR) is 96.3 cm³/mol. The van der Waals surface area contributed by atoms with E-state index >= 15 is 0 Å². The Labute approximate surface area is 142 Å². The van der Waals surface area contributed by atoms with Gasteiger partial charge in [0.05, 0.1) is 6.42 Å². The van der Waals surface area contributed by atoms with Crippen molar-refractivity contribution in [1.29, 1.82) is 0 Å². The maximum Gasteiger partial charge on any atom is 0.242 e. The number of nitrogen functional groups attached to an aromatic ring is 1. The molecule has 0 atom stereocenters. The number of aromatic nitrogens is 2. The van der Waals surface area contributed by atoms with E-state index in [1.165, 1.54) is 6.33 Å². The summed E-state index contributed by atoms with van der Waals surface area (Å²) in [5.74, 6) is 1.35. The van der Waals surface area contributed by atoms with Crippen LogP contribution in [0.3, 0.4) is 0 Å². The van der Waals surface area contributed by atoms with Crippen molar-refractivity contribution in [2.75, 3.05) is 23.0 Å². The standard InChI is InChI=1S/C17H24N6O/c1-12(2)8-9-19-16-15(18)17(21-11-20-16)23-22-14(24)10-13-6-4-3-5-7-13/h3-7,11-12H,8-10,18H2,1-2H3,(H,22,24)(H2,19,20,21,23). The first-order valence-corrected chi connectivity index (χ1v) is 7.99. The Hall–Kier alpha value is -2.83. The minimum atomic E-state index is -0.173.